The Hall–Kier alpha value is -4.20. The molecule has 0 unspecified atom stereocenters. The lowest BCUT2D eigenvalue weighted by Gasteiger charge is -2.17. The molecule has 0 aliphatic heterocycles. The fraction of sp³-hybridized carbons (Fsp3) is 0.0870. The van der Waals surface area contributed by atoms with E-state index in [0.717, 1.165) is 33.1 Å². The summed E-state index contributed by atoms with van der Waals surface area (Å²) < 4.78 is 15.1. The average Bonchev–Trinajstić information content (AvgIpc) is 3.21. The summed E-state index contributed by atoms with van der Waals surface area (Å²) in [7, 11) is 0. The zero-order valence-electron chi connectivity index (χ0n) is 16.7. The number of anilines is 1. The maximum atomic E-state index is 13.2. The highest BCUT2D eigenvalue weighted by Gasteiger charge is 2.14. The van der Waals surface area contributed by atoms with Crippen LogP contribution in [0.4, 0.5) is 14.9 Å². The number of halogens is 1. The van der Waals surface area contributed by atoms with Gasteiger partial charge in [-0.3, -0.25) is 9.20 Å². The molecule has 0 spiro atoms. The number of rotatable bonds is 6. The van der Waals surface area contributed by atoms with Crippen LogP contribution in [-0.4, -0.2) is 33.5 Å². The Morgan fingerprint density at radius 1 is 1.13 bits per heavy atom. The van der Waals surface area contributed by atoms with E-state index >= 15 is 0 Å². The molecule has 4 rings (SSSR count). The molecule has 0 fully saturated rings. The number of amides is 2. The lowest BCUT2D eigenvalue weighted by atomic mass is 10.1. The lowest BCUT2D eigenvalue weighted by Crippen LogP contribution is -2.34. The monoisotopic (exact) mass is 418 g/mol. The van der Waals surface area contributed by atoms with Crippen LogP contribution in [0.15, 0.2) is 73.1 Å². The number of fused-ring (bicyclic) bond motifs is 1. The minimum Gasteiger partial charge on any atom is -0.340 e. The summed E-state index contributed by atoms with van der Waals surface area (Å²) in [5.41, 5.74) is 4.81. The number of pyridine rings is 1. The number of carbonyl (C=O) groups excluding carboxylic acids is 2. The number of hydroxylamine groups is 2. The van der Waals surface area contributed by atoms with Gasteiger partial charge in [0.1, 0.15) is 11.5 Å². The number of hydrogen-bond donors (Lipinski definition) is 1. The maximum absolute atomic E-state index is 13.2. The smallest absolute Gasteiger partial charge is 0.340 e. The Morgan fingerprint density at radius 2 is 1.94 bits per heavy atom. The van der Waals surface area contributed by atoms with Gasteiger partial charge >= 0.3 is 12.5 Å². The summed E-state index contributed by atoms with van der Waals surface area (Å²) in [5.74, 6) is -0.278. The summed E-state index contributed by atoms with van der Waals surface area (Å²) in [6.45, 7) is 2.12. The van der Waals surface area contributed by atoms with E-state index in [4.69, 9.17) is 0 Å². The molecule has 0 bridgehead atoms. The third-order valence-corrected chi connectivity index (χ3v) is 4.78. The first kappa shape index (κ1) is 20.1. The Balaban J connectivity index is 1.62. The molecule has 4 aromatic rings. The number of carbonyl (C=O) groups is 2. The average molecular weight is 418 g/mol. The van der Waals surface area contributed by atoms with Gasteiger partial charge in [-0.15, -0.1) is 0 Å². The third kappa shape index (κ3) is 4.23. The molecule has 0 aliphatic rings. The summed E-state index contributed by atoms with van der Waals surface area (Å²) >= 11 is 0. The molecule has 2 amide bonds. The van der Waals surface area contributed by atoms with Gasteiger partial charge in [0, 0.05) is 17.4 Å². The van der Waals surface area contributed by atoms with E-state index in [1.54, 1.807) is 31.3 Å². The van der Waals surface area contributed by atoms with Crippen LogP contribution >= 0.6 is 0 Å². The van der Waals surface area contributed by atoms with E-state index in [-0.39, 0.29) is 18.8 Å². The van der Waals surface area contributed by atoms with Gasteiger partial charge in [-0.05, 0) is 54.4 Å². The number of aromatic nitrogens is 2. The van der Waals surface area contributed by atoms with Crippen LogP contribution in [0.3, 0.4) is 0 Å². The van der Waals surface area contributed by atoms with E-state index < -0.39 is 6.03 Å². The number of nitrogens with one attached hydrogen (secondary N) is 1. The highest BCUT2D eigenvalue weighted by Crippen LogP contribution is 2.27. The van der Waals surface area contributed by atoms with Crippen molar-refractivity contribution in [1.29, 1.82) is 0 Å². The van der Waals surface area contributed by atoms with E-state index in [1.807, 2.05) is 40.9 Å². The maximum Gasteiger partial charge on any atom is 0.355 e. The van der Waals surface area contributed by atoms with E-state index in [2.05, 4.69) is 15.1 Å². The molecular weight excluding hydrogens is 399 g/mol. The first-order chi connectivity index (χ1) is 15.1. The molecule has 0 radical (unpaired) electrons. The van der Waals surface area contributed by atoms with Crippen molar-refractivity contribution in [1.82, 2.24) is 14.4 Å². The van der Waals surface area contributed by atoms with Gasteiger partial charge in [0.25, 0.3) is 0 Å². The molecule has 31 heavy (non-hydrogen) atoms. The van der Waals surface area contributed by atoms with Crippen LogP contribution < -0.4 is 5.32 Å². The fourth-order valence-corrected chi connectivity index (χ4v) is 3.28. The van der Waals surface area contributed by atoms with Crippen molar-refractivity contribution in [2.24, 2.45) is 0 Å². The molecule has 7 nitrogen and oxygen atoms in total. The quantitative estimate of drug-likeness (QED) is 0.362. The van der Waals surface area contributed by atoms with Gasteiger partial charge in [0.15, 0.2) is 0 Å². The second-order valence-corrected chi connectivity index (χ2v) is 6.70. The van der Waals surface area contributed by atoms with Gasteiger partial charge in [-0.1, -0.05) is 24.3 Å². The summed E-state index contributed by atoms with van der Waals surface area (Å²) in [4.78, 5) is 31.9. The standard InChI is InChI=1S/C23H19FN4O3/c1-2-28(31-15-29)23(30)26-20-5-3-4-18(12-20)21-14-25-22-13-17(10-11-27(21)22)16-6-8-19(24)9-7-16/h3-15H,2H2,1H3,(H,26,30). The zero-order chi connectivity index (χ0) is 21.8. The molecule has 2 aromatic carbocycles. The van der Waals surface area contributed by atoms with E-state index in [1.165, 1.54) is 12.1 Å². The number of imidazole rings is 1. The van der Waals surface area contributed by atoms with Crippen LogP contribution in [0.25, 0.3) is 28.0 Å². The molecule has 0 saturated carbocycles. The minimum absolute atomic E-state index is 0.206. The van der Waals surface area contributed by atoms with E-state index in [0.29, 0.717) is 5.69 Å². The summed E-state index contributed by atoms with van der Waals surface area (Å²) in [6, 6.07) is 16.9. The predicted molar refractivity (Wildman–Crippen MR) is 115 cm³/mol. The molecule has 2 aromatic heterocycles. The fourth-order valence-electron chi connectivity index (χ4n) is 3.28. The Kier molecular flexibility index (Phi) is 5.61. The number of nitrogens with zero attached hydrogens (tertiary/aromatic N) is 3. The van der Waals surface area contributed by atoms with Gasteiger partial charge in [-0.25, -0.2) is 14.2 Å². The van der Waals surface area contributed by atoms with Crippen molar-refractivity contribution in [3.63, 3.8) is 0 Å². The van der Waals surface area contributed by atoms with Crippen LogP contribution in [0.5, 0.6) is 0 Å². The number of urea groups is 1. The third-order valence-electron chi connectivity index (χ3n) is 4.78. The highest BCUT2D eigenvalue weighted by atomic mass is 19.1. The highest BCUT2D eigenvalue weighted by molar-refractivity contribution is 5.89. The second kappa shape index (κ2) is 8.66. The number of hydrogen-bond acceptors (Lipinski definition) is 4. The molecule has 156 valence electrons. The summed E-state index contributed by atoms with van der Waals surface area (Å²) in [6.07, 6.45) is 3.65. The second-order valence-electron chi connectivity index (χ2n) is 6.70. The first-order valence-corrected chi connectivity index (χ1v) is 9.61. The Labute approximate surface area is 177 Å². The van der Waals surface area contributed by atoms with Crippen molar-refractivity contribution in [2.75, 3.05) is 11.9 Å². The first-order valence-electron chi connectivity index (χ1n) is 9.61. The van der Waals surface area contributed by atoms with Gasteiger partial charge < -0.3 is 10.2 Å². The van der Waals surface area contributed by atoms with Crippen molar-refractivity contribution >= 4 is 23.8 Å². The molecule has 0 atom stereocenters. The predicted octanol–water partition coefficient (Wildman–Crippen LogP) is 4.75. The van der Waals surface area contributed by atoms with Gasteiger partial charge in [0.05, 0.1) is 18.4 Å². The van der Waals surface area contributed by atoms with Gasteiger partial charge in [0.2, 0.25) is 0 Å². The molecule has 8 heteroatoms. The normalized spacial score (nSPS) is 10.6. The molecular formula is C23H19FN4O3. The lowest BCUT2D eigenvalue weighted by molar-refractivity contribution is -0.158. The zero-order valence-corrected chi connectivity index (χ0v) is 16.7. The number of benzene rings is 2. The van der Waals surface area contributed by atoms with E-state index in [9.17, 15) is 14.0 Å². The SMILES string of the molecule is CCN(OC=O)C(=O)Nc1cccc(-c2cnc3cc(-c4ccc(F)cc4)ccn23)c1. The van der Waals surface area contributed by atoms with Crippen LogP contribution in [0.1, 0.15) is 6.92 Å². The molecule has 2 heterocycles. The van der Waals surface area contributed by atoms with Crippen LogP contribution in [0.2, 0.25) is 0 Å². The van der Waals surface area contributed by atoms with Crippen molar-refractivity contribution in [3.05, 3.63) is 78.9 Å². The van der Waals surface area contributed by atoms with Gasteiger partial charge in [-0.2, -0.15) is 5.06 Å². The molecule has 0 saturated heterocycles. The topological polar surface area (TPSA) is 75.9 Å². The minimum atomic E-state index is -0.547. The molecule has 0 aliphatic carbocycles. The van der Waals surface area contributed by atoms with Crippen molar-refractivity contribution < 1.29 is 18.8 Å². The molecule has 1 N–H and O–H groups in total. The Morgan fingerprint density at radius 3 is 2.68 bits per heavy atom. The van der Waals surface area contributed by atoms with Crippen LogP contribution in [0, 0.1) is 5.82 Å². The van der Waals surface area contributed by atoms with Crippen molar-refractivity contribution in [3.8, 4) is 22.4 Å². The van der Waals surface area contributed by atoms with Crippen molar-refractivity contribution in [2.45, 2.75) is 6.92 Å². The summed E-state index contributed by atoms with van der Waals surface area (Å²) in [5, 5.41) is 3.63. The van der Waals surface area contributed by atoms with Crippen LogP contribution in [-0.2, 0) is 9.63 Å². The largest absolute Gasteiger partial charge is 0.355 e. The Bertz CT molecular complexity index is 1240.